The van der Waals surface area contributed by atoms with Crippen molar-refractivity contribution >= 4 is 16.7 Å². The molecule has 1 fully saturated rings. The Labute approximate surface area is 173 Å². The van der Waals surface area contributed by atoms with E-state index in [9.17, 15) is 9.18 Å². The molecule has 5 nitrogen and oxygen atoms in total. The van der Waals surface area contributed by atoms with Gasteiger partial charge in [-0.1, -0.05) is 41.6 Å². The second-order valence-corrected chi connectivity index (χ2v) is 7.58. The van der Waals surface area contributed by atoms with Crippen LogP contribution in [0.25, 0.3) is 22.2 Å². The lowest BCUT2D eigenvalue weighted by atomic mass is 9.96. The average Bonchev–Trinajstić information content (AvgIpc) is 3.29. The van der Waals surface area contributed by atoms with Crippen LogP contribution < -0.4 is 0 Å². The first kappa shape index (κ1) is 18.5. The molecule has 1 aliphatic rings. The van der Waals surface area contributed by atoms with E-state index in [1.165, 1.54) is 12.1 Å². The van der Waals surface area contributed by atoms with Crippen LogP contribution in [0, 0.1) is 5.82 Å². The molecule has 1 unspecified atom stereocenters. The number of halogens is 1. The molecular weight excluding hydrogens is 381 g/mol. The smallest absolute Gasteiger partial charge is 0.254 e. The Morgan fingerprint density at radius 2 is 1.83 bits per heavy atom. The van der Waals surface area contributed by atoms with Crippen molar-refractivity contribution in [2.24, 2.45) is 0 Å². The molecule has 1 aliphatic heterocycles. The molecule has 0 N–H and O–H groups in total. The fourth-order valence-corrected chi connectivity index (χ4v) is 4.06. The summed E-state index contributed by atoms with van der Waals surface area (Å²) >= 11 is 0. The third kappa shape index (κ3) is 3.45. The zero-order valence-corrected chi connectivity index (χ0v) is 16.3. The van der Waals surface area contributed by atoms with Gasteiger partial charge in [-0.2, -0.15) is 4.98 Å². The lowest BCUT2D eigenvalue weighted by Gasteiger charge is -2.31. The highest BCUT2D eigenvalue weighted by atomic mass is 19.1. The largest absolute Gasteiger partial charge is 0.339 e. The van der Waals surface area contributed by atoms with Gasteiger partial charge in [0.05, 0.1) is 5.92 Å². The number of piperidine rings is 1. The van der Waals surface area contributed by atoms with Crippen molar-refractivity contribution in [2.45, 2.75) is 18.8 Å². The van der Waals surface area contributed by atoms with Crippen molar-refractivity contribution < 1.29 is 13.7 Å². The van der Waals surface area contributed by atoms with Crippen LogP contribution in [-0.4, -0.2) is 34.0 Å². The number of amides is 1. The van der Waals surface area contributed by atoms with Gasteiger partial charge in [0, 0.05) is 24.2 Å². The molecular formula is C24H20FN3O2. The van der Waals surface area contributed by atoms with Crippen molar-refractivity contribution in [1.29, 1.82) is 0 Å². The van der Waals surface area contributed by atoms with Gasteiger partial charge in [-0.25, -0.2) is 4.39 Å². The van der Waals surface area contributed by atoms with Gasteiger partial charge >= 0.3 is 0 Å². The van der Waals surface area contributed by atoms with Gasteiger partial charge in [0.25, 0.3) is 5.91 Å². The standard InChI is InChI=1S/C24H20FN3O2/c25-19-12-10-17(11-13-19)22-26-23(30-27-22)18-7-4-14-28(15-18)24(29)21-9-3-6-16-5-1-2-8-20(16)21/h1-3,5-6,8-13,18H,4,7,14-15H2. The molecule has 0 bridgehead atoms. The normalized spacial score (nSPS) is 16.7. The molecule has 0 spiro atoms. The number of hydrogen-bond donors (Lipinski definition) is 0. The molecule has 0 saturated carbocycles. The SMILES string of the molecule is O=C(c1cccc2ccccc12)N1CCCC(c2nc(-c3ccc(F)cc3)no2)C1. The minimum absolute atomic E-state index is 0.0145. The molecule has 6 heteroatoms. The van der Waals surface area contributed by atoms with Gasteiger partial charge in [-0.15, -0.1) is 0 Å². The maximum atomic E-state index is 13.3. The maximum absolute atomic E-state index is 13.3. The van der Waals surface area contributed by atoms with Crippen LogP contribution in [0.1, 0.15) is 35.0 Å². The van der Waals surface area contributed by atoms with Gasteiger partial charge < -0.3 is 9.42 Å². The summed E-state index contributed by atoms with van der Waals surface area (Å²) in [4.78, 5) is 19.7. The zero-order chi connectivity index (χ0) is 20.5. The van der Waals surface area contributed by atoms with E-state index in [-0.39, 0.29) is 17.6 Å². The molecule has 1 atom stereocenters. The zero-order valence-electron chi connectivity index (χ0n) is 16.3. The predicted molar refractivity (Wildman–Crippen MR) is 112 cm³/mol. The summed E-state index contributed by atoms with van der Waals surface area (Å²) in [6.07, 6.45) is 1.75. The Morgan fingerprint density at radius 3 is 2.70 bits per heavy atom. The number of hydrogen-bond acceptors (Lipinski definition) is 4. The summed E-state index contributed by atoms with van der Waals surface area (Å²) in [6, 6.07) is 19.7. The first-order valence-electron chi connectivity index (χ1n) is 10.1. The third-order valence-electron chi connectivity index (χ3n) is 5.62. The molecule has 1 saturated heterocycles. The molecule has 2 heterocycles. The number of rotatable bonds is 3. The van der Waals surface area contributed by atoms with E-state index in [1.54, 1.807) is 12.1 Å². The Morgan fingerprint density at radius 1 is 1.03 bits per heavy atom. The second-order valence-electron chi connectivity index (χ2n) is 7.58. The molecule has 0 radical (unpaired) electrons. The van der Waals surface area contributed by atoms with Crippen molar-refractivity contribution in [3.05, 3.63) is 84.0 Å². The van der Waals surface area contributed by atoms with Crippen LogP contribution in [0.4, 0.5) is 4.39 Å². The van der Waals surface area contributed by atoms with Crippen LogP contribution in [-0.2, 0) is 0 Å². The first-order valence-corrected chi connectivity index (χ1v) is 10.1. The van der Waals surface area contributed by atoms with Gasteiger partial charge in [-0.3, -0.25) is 4.79 Å². The minimum atomic E-state index is -0.308. The van der Waals surface area contributed by atoms with E-state index in [2.05, 4.69) is 10.1 Å². The number of carbonyl (C=O) groups excluding carboxylic acids is 1. The van der Waals surface area contributed by atoms with E-state index in [1.807, 2.05) is 47.4 Å². The van der Waals surface area contributed by atoms with Crippen molar-refractivity contribution in [2.75, 3.05) is 13.1 Å². The minimum Gasteiger partial charge on any atom is -0.339 e. The molecule has 4 aromatic rings. The van der Waals surface area contributed by atoms with E-state index < -0.39 is 0 Å². The number of nitrogens with zero attached hydrogens (tertiary/aromatic N) is 3. The number of fused-ring (bicyclic) bond motifs is 1. The number of benzene rings is 3. The molecule has 30 heavy (non-hydrogen) atoms. The predicted octanol–water partition coefficient (Wildman–Crippen LogP) is 5.05. The highest BCUT2D eigenvalue weighted by Crippen LogP contribution is 2.29. The fraction of sp³-hybridized carbons (Fsp3) is 0.208. The highest BCUT2D eigenvalue weighted by Gasteiger charge is 2.29. The Bertz CT molecular complexity index is 1200. The van der Waals surface area contributed by atoms with E-state index in [4.69, 9.17) is 4.52 Å². The van der Waals surface area contributed by atoms with Gasteiger partial charge in [0.1, 0.15) is 5.82 Å². The van der Waals surface area contributed by atoms with E-state index in [0.29, 0.717) is 35.9 Å². The van der Waals surface area contributed by atoms with Crippen molar-refractivity contribution in [3.63, 3.8) is 0 Å². The summed E-state index contributed by atoms with van der Waals surface area (Å²) < 4.78 is 18.7. The summed E-state index contributed by atoms with van der Waals surface area (Å²) in [5, 5.41) is 6.06. The molecule has 5 rings (SSSR count). The van der Waals surface area contributed by atoms with Crippen LogP contribution in [0.2, 0.25) is 0 Å². The van der Waals surface area contributed by atoms with E-state index in [0.717, 1.165) is 23.6 Å². The summed E-state index contributed by atoms with van der Waals surface area (Å²) in [5.41, 5.74) is 1.41. The van der Waals surface area contributed by atoms with Crippen molar-refractivity contribution in [3.8, 4) is 11.4 Å². The van der Waals surface area contributed by atoms with Gasteiger partial charge in [0.2, 0.25) is 11.7 Å². The topological polar surface area (TPSA) is 59.2 Å². The van der Waals surface area contributed by atoms with Crippen LogP contribution in [0.5, 0.6) is 0 Å². The first-order chi connectivity index (χ1) is 14.7. The summed E-state index contributed by atoms with van der Waals surface area (Å²) in [6.45, 7) is 1.24. The monoisotopic (exact) mass is 401 g/mol. The number of likely N-dealkylation sites (tertiary alicyclic amines) is 1. The fourth-order valence-electron chi connectivity index (χ4n) is 4.06. The molecule has 0 aliphatic carbocycles. The summed E-state index contributed by atoms with van der Waals surface area (Å²) in [5.74, 6) is 0.652. The van der Waals surface area contributed by atoms with Crippen LogP contribution in [0.15, 0.2) is 71.3 Å². The number of carbonyl (C=O) groups is 1. The van der Waals surface area contributed by atoms with E-state index >= 15 is 0 Å². The lowest BCUT2D eigenvalue weighted by Crippen LogP contribution is -2.39. The Balaban J connectivity index is 1.37. The number of aromatic nitrogens is 2. The van der Waals surface area contributed by atoms with Gasteiger partial charge in [-0.05, 0) is 53.9 Å². The summed E-state index contributed by atoms with van der Waals surface area (Å²) in [7, 11) is 0. The van der Waals surface area contributed by atoms with Crippen LogP contribution in [0.3, 0.4) is 0 Å². The quantitative estimate of drug-likeness (QED) is 0.482. The molecule has 1 aromatic heterocycles. The lowest BCUT2D eigenvalue weighted by molar-refractivity contribution is 0.0697. The van der Waals surface area contributed by atoms with Crippen LogP contribution >= 0.6 is 0 Å². The third-order valence-corrected chi connectivity index (χ3v) is 5.62. The maximum Gasteiger partial charge on any atom is 0.254 e. The Kier molecular flexibility index (Phi) is 4.75. The molecule has 3 aromatic carbocycles. The Hall–Kier alpha value is -3.54. The molecule has 1 amide bonds. The average molecular weight is 401 g/mol. The molecule has 150 valence electrons. The van der Waals surface area contributed by atoms with Gasteiger partial charge in [0.15, 0.2) is 0 Å². The second kappa shape index (κ2) is 7.71. The highest BCUT2D eigenvalue weighted by molar-refractivity contribution is 6.07. The van der Waals surface area contributed by atoms with Crippen molar-refractivity contribution in [1.82, 2.24) is 15.0 Å².